The van der Waals surface area contributed by atoms with Crippen LogP contribution in [0.15, 0.2) is 18.1 Å². The number of fused-ring (bicyclic) bond motifs is 1. The first-order chi connectivity index (χ1) is 10.2. The van der Waals surface area contributed by atoms with E-state index in [2.05, 4.69) is 5.10 Å². The molecule has 21 heavy (non-hydrogen) atoms. The Morgan fingerprint density at radius 1 is 1.48 bits per heavy atom. The molecule has 0 radical (unpaired) electrons. The Morgan fingerprint density at radius 3 is 2.90 bits per heavy atom. The van der Waals surface area contributed by atoms with Gasteiger partial charge in [0, 0.05) is 31.7 Å². The number of halogens is 1. The maximum absolute atomic E-state index is 12.6. The summed E-state index contributed by atoms with van der Waals surface area (Å²) in [7, 11) is 0. The molecule has 2 heterocycles. The van der Waals surface area contributed by atoms with Crippen LogP contribution in [-0.2, 0) is 13.0 Å². The maximum Gasteiger partial charge on any atom is 0.257 e. The third-order valence-corrected chi connectivity index (χ3v) is 4.47. The zero-order valence-electron chi connectivity index (χ0n) is 12.1. The second-order valence-corrected chi connectivity index (χ2v) is 5.85. The van der Waals surface area contributed by atoms with E-state index in [0.717, 1.165) is 31.5 Å². The van der Waals surface area contributed by atoms with Crippen LogP contribution in [0.3, 0.4) is 0 Å². The quantitative estimate of drug-likeness (QED) is 0.917. The summed E-state index contributed by atoms with van der Waals surface area (Å²) in [5.41, 5.74) is 7.42. The van der Waals surface area contributed by atoms with Crippen molar-refractivity contribution in [3.8, 4) is 0 Å². The molecule has 1 aliphatic heterocycles. The van der Waals surface area contributed by atoms with Crippen molar-refractivity contribution in [3.63, 3.8) is 0 Å². The van der Waals surface area contributed by atoms with Gasteiger partial charge in [-0.3, -0.25) is 9.48 Å². The fourth-order valence-electron chi connectivity index (χ4n) is 3.30. The van der Waals surface area contributed by atoms with Gasteiger partial charge in [-0.25, -0.2) is 4.39 Å². The number of nitrogens with zero attached hydrogens (tertiary/aromatic N) is 3. The smallest absolute Gasteiger partial charge is 0.257 e. The van der Waals surface area contributed by atoms with Crippen molar-refractivity contribution in [2.45, 2.75) is 44.7 Å². The molecule has 114 valence electrons. The fraction of sp³-hybridized carbons (Fsp3) is 0.600. The first-order valence-corrected chi connectivity index (χ1v) is 7.58. The largest absolute Gasteiger partial charge is 0.335 e. The molecule has 0 saturated heterocycles. The van der Waals surface area contributed by atoms with Crippen molar-refractivity contribution in [2.24, 2.45) is 5.73 Å². The molecule has 1 aromatic rings. The number of hydrogen-bond donors (Lipinski definition) is 1. The molecular formula is C15H21FN4O. The van der Waals surface area contributed by atoms with E-state index in [4.69, 9.17) is 5.73 Å². The van der Waals surface area contributed by atoms with Gasteiger partial charge in [0.2, 0.25) is 0 Å². The van der Waals surface area contributed by atoms with Crippen LogP contribution in [0.5, 0.6) is 0 Å². The van der Waals surface area contributed by atoms with Gasteiger partial charge in [0.05, 0.1) is 24.1 Å². The van der Waals surface area contributed by atoms with Gasteiger partial charge in [-0.1, -0.05) is 12.8 Å². The molecule has 0 aromatic carbocycles. The summed E-state index contributed by atoms with van der Waals surface area (Å²) >= 11 is 0. The van der Waals surface area contributed by atoms with E-state index in [1.165, 1.54) is 12.8 Å². The minimum atomic E-state index is 0.0768. The summed E-state index contributed by atoms with van der Waals surface area (Å²) in [5.74, 6) is 0.0768. The monoisotopic (exact) mass is 292 g/mol. The van der Waals surface area contributed by atoms with Crippen molar-refractivity contribution in [1.29, 1.82) is 0 Å². The van der Waals surface area contributed by atoms with Crippen LogP contribution in [0.25, 0.3) is 0 Å². The predicted octanol–water partition coefficient (Wildman–Crippen LogP) is 1.64. The van der Waals surface area contributed by atoms with Gasteiger partial charge in [0.1, 0.15) is 0 Å². The summed E-state index contributed by atoms with van der Waals surface area (Å²) in [4.78, 5) is 14.6. The highest BCUT2D eigenvalue weighted by Gasteiger charge is 2.33. The van der Waals surface area contributed by atoms with E-state index in [0.29, 0.717) is 30.1 Å². The van der Waals surface area contributed by atoms with Crippen molar-refractivity contribution >= 4 is 5.91 Å². The van der Waals surface area contributed by atoms with Crippen LogP contribution >= 0.6 is 0 Å². The SMILES string of the molecule is NCC(=CF)Cn1cc2c(n1)CCN(C1CCCC1)C2=O. The lowest BCUT2D eigenvalue weighted by Gasteiger charge is -2.31. The second kappa shape index (κ2) is 5.97. The molecule has 2 aliphatic rings. The van der Waals surface area contributed by atoms with Crippen LogP contribution in [0, 0.1) is 0 Å². The Labute approximate surface area is 123 Å². The summed E-state index contributed by atoms with van der Waals surface area (Å²) in [6.45, 7) is 1.20. The number of hydrogen-bond acceptors (Lipinski definition) is 3. The Hall–Kier alpha value is -1.69. The Balaban J connectivity index is 1.78. The van der Waals surface area contributed by atoms with Crippen molar-refractivity contribution in [1.82, 2.24) is 14.7 Å². The summed E-state index contributed by atoms with van der Waals surface area (Å²) < 4.78 is 14.2. The lowest BCUT2D eigenvalue weighted by Crippen LogP contribution is -2.43. The summed E-state index contributed by atoms with van der Waals surface area (Å²) in [5, 5.41) is 4.40. The molecule has 1 fully saturated rings. The number of rotatable bonds is 4. The fourth-order valence-corrected chi connectivity index (χ4v) is 3.30. The van der Waals surface area contributed by atoms with E-state index in [1.54, 1.807) is 10.9 Å². The predicted molar refractivity (Wildman–Crippen MR) is 77.5 cm³/mol. The van der Waals surface area contributed by atoms with E-state index in [-0.39, 0.29) is 12.5 Å². The average molecular weight is 292 g/mol. The van der Waals surface area contributed by atoms with Gasteiger partial charge in [-0.05, 0) is 18.4 Å². The van der Waals surface area contributed by atoms with E-state index < -0.39 is 0 Å². The molecule has 1 amide bonds. The van der Waals surface area contributed by atoms with Crippen molar-refractivity contribution < 1.29 is 9.18 Å². The molecule has 1 saturated carbocycles. The molecule has 6 heteroatoms. The average Bonchev–Trinajstić information content (AvgIpc) is 3.14. The number of aromatic nitrogens is 2. The normalized spacial score (nSPS) is 20.2. The highest BCUT2D eigenvalue weighted by atomic mass is 19.1. The maximum atomic E-state index is 12.6. The number of carbonyl (C=O) groups excluding carboxylic acids is 1. The molecule has 0 bridgehead atoms. The third-order valence-electron chi connectivity index (χ3n) is 4.47. The van der Waals surface area contributed by atoms with Crippen LogP contribution in [0.2, 0.25) is 0 Å². The van der Waals surface area contributed by atoms with Gasteiger partial charge >= 0.3 is 0 Å². The first-order valence-electron chi connectivity index (χ1n) is 7.58. The van der Waals surface area contributed by atoms with Gasteiger partial charge in [0.15, 0.2) is 0 Å². The zero-order valence-corrected chi connectivity index (χ0v) is 12.1. The molecule has 0 spiro atoms. The number of amides is 1. The Morgan fingerprint density at radius 2 is 2.24 bits per heavy atom. The minimum absolute atomic E-state index is 0.0768. The van der Waals surface area contributed by atoms with E-state index in [9.17, 15) is 9.18 Å². The van der Waals surface area contributed by atoms with E-state index in [1.807, 2.05) is 4.90 Å². The van der Waals surface area contributed by atoms with Crippen molar-refractivity contribution in [2.75, 3.05) is 13.1 Å². The summed E-state index contributed by atoms with van der Waals surface area (Å²) in [6, 6.07) is 0.388. The van der Waals surface area contributed by atoms with Crippen LogP contribution in [-0.4, -0.2) is 39.7 Å². The number of nitrogens with two attached hydrogens (primary N) is 1. The second-order valence-electron chi connectivity index (χ2n) is 5.85. The molecular weight excluding hydrogens is 271 g/mol. The van der Waals surface area contributed by atoms with Crippen LogP contribution in [0.1, 0.15) is 41.7 Å². The molecule has 5 nitrogen and oxygen atoms in total. The van der Waals surface area contributed by atoms with Crippen molar-refractivity contribution in [3.05, 3.63) is 29.4 Å². The summed E-state index contributed by atoms with van der Waals surface area (Å²) in [6.07, 6.45) is 7.67. The zero-order chi connectivity index (χ0) is 14.8. The Kier molecular flexibility index (Phi) is 4.05. The van der Waals surface area contributed by atoms with Gasteiger partial charge < -0.3 is 10.6 Å². The highest BCUT2D eigenvalue weighted by molar-refractivity contribution is 5.96. The molecule has 3 rings (SSSR count). The third kappa shape index (κ3) is 2.72. The standard InChI is InChI=1S/C15H21FN4O/c16-7-11(8-17)9-19-10-13-14(18-19)5-6-20(15(13)21)12-3-1-2-4-12/h7,10,12H,1-6,8-9,17H2. The highest BCUT2D eigenvalue weighted by Crippen LogP contribution is 2.28. The van der Waals surface area contributed by atoms with Gasteiger partial charge in [-0.15, -0.1) is 0 Å². The molecule has 2 N–H and O–H groups in total. The number of carbonyl (C=O) groups is 1. The lowest BCUT2D eigenvalue weighted by atomic mass is 10.0. The van der Waals surface area contributed by atoms with E-state index >= 15 is 0 Å². The topological polar surface area (TPSA) is 64.2 Å². The lowest BCUT2D eigenvalue weighted by molar-refractivity contribution is 0.0663. The molecule has 1 aromatic heterocycles. The van der Waals surface area contributed by atoms with Gasteiger partial charge in [-0.2, -0.15) is 5.10 Å². The molecule has 0 atom stereocenters. The minimum Gasteiger partial charge on any atom is -0.335 e. The van der Waals surface area contributed by atoms with Gasteiger partial charge in [0.25, 0.3) is 5.91 Å². The van der Waals surface area contributed by atoms with Crippen LogP contribution in [0.4, 0.5) is 4.39 Å². The Bertz CT molecular complexity index is 560. The van der Waals surface area contributed by atoms with Crippen LogP contribution < -0.4 is 5.73 Å². The molecule has 0 unspecified atom stereocenters. The first kappa shape index (κ1) is 14.3. The molecule has 1 aliphatic carbocycles.